The average Bonchev–Trinajstić information content (AvgIpc) is 2.94. The lowest BCUT2D eigenvalue weighted by molar-refractivity contribution is -0.117. The van der Waals surface area contributed by atoms with Gasteiger partial charge in [0.25, 0.3) is 5.91 Å². The third-order valence-electron chi connectivity index (χ3n) is 5.76. The molecule has 0 spiro atoms. The van der Waals surface area contributed by atoms with E-state index in [0.717, 1.165) is 17.3 Å². The molecule has 0 bridgehead atoms. The smallest absolute Gasteiger partial charge is 0.257 e. The fourth-order valence-electron chi connectivity index (χ4n) is 4.08. The summed E-state index contributed by atoms with van der Waals surface area (Å²) >= 11 is 3.48. The maximum absolute atomic E-state index is 13.5. The predicted molar refractivity (Wildman–Crippen MR) is 134 cm³/mol. The van der Waals surface area contributed by atoms with Crippen molar-refractivity contribution in [2.75, 3.05) is 15.5 Å². The van der Waals surface area contributed by atoms with E-state index in [2.05, 4.69) is 33.4 Å². The van der Waals surface area contributed by atoms with Crippen LogP contribution in [0.5, 0.6) is 0 Å². The molecule has 3 aromatic rings. The molecule has 0 saturated carbocycles. The Morgan fingerprint density at radius 1 is 0.781 bits per heavy atom. The van der Waals surface area contributed by atoms with Gasteiger partial charge in [0.2, 0.25) is 5.91 Å². The molecule has 0 aromatic heterocycles. The lowest BCUT2D eigenvalue weighted by Gasteiger charge is -2.24. The highest BCUT2D eigenvalue weighted by Gasteiger charge is 2.28. The number of anilines is 3. The molecule has 32 heavy (non-hydrogen) atoms. The third kappa shape index (κ3) is 5.10. The van der Waals surface area contributed by atoms with Crippen LogP contribution in [0.25, 0.3) is 0 Å². The summed E-state index contributed by atoms with van der Waals surface area (Å²) < 4.78 is 0. The molecule has 0 saturated heterocycles. The summed E-state index contributed by atoms with van der Waals surface area (Å²) in [6.45, 7) is 0. The van der Waals surface area contributed by atoms with Crippen molar-refractivity contribution in [1.29, 1.82) is 0 Å². The summed E-state index contributed by atoms with van der Waals surface area (Å²) in [5.74, 6) is -0.271. The molecule has 0 unspecified atom stereocenters. The average molecular weight is 491 g/mol. The number of nitrogens with zero attached hydrogens (tertiary/aromatic N) is 1. The number of aryl methyl sites for hydroxylation is 1. The van der Waals surface area contributed by atoms with Gasteiger partial charge in [0, 0.05) is 5.33 Å². The van der Waals surface area contributed by atoms with E-state index in [1.807, 2.05) is 54.6 Å². The fraction of sp³-hybridized carbons (Fsp3) is 0.259. The van der Waals surface area contributed by atoms with Gasteiger partial charge in [-0.1, -0.05) is 77.3 Å². The summed E-state index contributed by atoms with van der Waals surface area (Å²) in [5, 5.41) is 4.01. The first-order valence-electron chi connectivity index (χ1n) is 11.1. The van der Waals surface area contributed by atoms with Crippen LogP contribution >= 0.6 is 15.9 Å². The molecule has 0 fully saturated rings. The van der Waals surface area contributed by atoms with Gasteiger partial charge in [-0.25, -0.2) is 0 Å². The number of amides is 2. The molecule has 0 atom stereocenters. The van der Waals surface area contributed by atoms with Crippen molar-refractivity contribution in [3.05, 3.63) is 89.5 Å². The Morgan fingerprint density at radius 3 is 2.22 bits per heavy atom. The van der Waals surface area contributed by atoms with Gasteiger partial charge in [0.1, 0.15) is 0 Å². The van der Waals surface area contributed by atoms with Crippen LogP contribution in [0.3, 0.4) is 0 Å². The second-order valence-corrected chi connectivity index (χ2v) is 8.86. The van der Waals surface area contributed by atoms with E-state index in [4.69, 9.17) is 0 Å². The third-order valence-corrected chi connectivity index (χ3v) is 6.32. The van der Waals surface area contributed by atoms with Crippen LogP contribution in [0.2, 0.25) is 0 Å². The zero-order valence-corrected chi connectivity index (χ0v) is 19.6. The van der Waals surface area contributed by atoms with E-state index >= 15 is 0 Å². The normalized spacial score (nSPS) is 12.5. The number of alkyl halides is 1. The molecule has 4 rings (SSSR count). The van der Waals surface area contributed by atoms with E-state index in [-0.39, 0.29) is 18.2 Å². The van der Waals surface area contributed by atoms with Crippen LogP contribution in [0.1, 0.15) is 47.2 Å². The van der Waals surface area contributed by atoms with Gasteiger partial charge < -0.3 is 5.32 Å². The maximum atomic E-state index is 13.5. The summed E-state index contributed by atoms with van der Waals surface area (Å²) in [4.78, 5) is 27.9. The largest absolute Gasteiger partial charge is 0.320 e. The van der Waals surface area contributed by atoms with E-state index in [1.165, 1.54) is 31.2 Å². The van der Waals surface area contributed by atoms with Gasteiger partial charge in [0.05, 0.1) is 29.0 Å². The Balaban J connectivity index is 1.52. The minimum absolute atomic E-state index is 0.0658. The number of unbranched alkanes of at least 4 members (excludes halogenated alkanes) is 3. The molecular weight excluding hydrogens is 464 g/mol. The monoisotopic (exact) mass is 490 g/mol. The predicted octanol–water partition coefficient (Wildman–Crippen LogP) is 6.66. The number of fused-ring (bicyclic) bond motifs is 2. The first kappa shape index (κ1) is 22.3. The number of para-hydroxylation sites is 3. The van der Waals surface area contributed by atoms with E-state index in [9.17, 15) is 9.59 Å². The van der Waals surface area contributed by atoms with Crippen molar-refractivity contribution in [3.63, 3.8) is 0 Å². The highest BCUT2D eigenvalue weighted by Crippen LogP contribution is 2.38. The second-order valence-electron chi connectivity index (χ2n) is 8.06. The Kier molecular flexibility index (Phi) is 7.38. The van der Waals surface area contributed by atoms with Crippen molar-refractivity contribution >= 4 is 44.8 Å². The first-order chi connectivity index (χ1) is 15.7. The molecule has 4 nitrogen and oxygen atoms in total. The molecule has 3 aromatic carbocycles. The number of hydrogen-bond acceptors (Lipinski definition) is 2. The Labute approximate surface area is 197 Å². The van der Waals surface area contributed by atoms with Crippen LogP contribution in [-0.2, 0) is 17.6 Å². The minimum Gasteiger partial charge on any atom is -0.320 e. The zero-order chi connectivity index (χ0) is 22.3. The van der Waals surface area contributed by atoms with Gasteiger partial charge in [-0.15, -0.1) is 0 Å². The molecule has 5 heteroatoms. The molecule has 1 N–H and O–H groups in total. The highest BCUT2D eigenvalue weighted by atomic mass is 79.9. The van der Waals surface area contributed by atoms with E-state index < -0.39 is 0 Å². The summed E-state index contributed by atoms with van der Waals surface area (Å²) in [7, 11) is 0. The van der Waals surface area contributed by atoms with Crippen LogP contribution in [-0.4, -0.2) is 17.1 Å². The Morgan fingerprint density at radius 2 is 1.44 bits per heavy atom. The fourth-order valence-corrected chi connectivity index (χ4v) is 4.47. The summed E-state index contributed by atoms with van der Waals surface area (Å²) in [6.07, 6.45) is 6.25. The topological polar surface area (TPSA) is 49.4 Å². The quantitative estimate of drug-likeness (QED) is 0.283. The van der Waals surface area contributed by atoms with Crippen LogP contribution in [0.4, 0.5) is 17.1 Å². The van der Waals surface area contributed by atoms with Crippen molar-refractivity contribution in [2.45, 2.75) is 38.5 Å². The summed E-state index contributed by atoms with van der Waals surface area (Å²) in [5.41, 5.74) is 4.71. The summed E-state index contributed by atoms with van der Waals surface area (Å²) in [6, 6.07) is 23.0. The highest BCUT2D eigenvalue weighted by molar-refractivity contribution is 9.09. The molecular formula is C27H27BrN2O2. The number of halogens is 1. The lowest BCUT2D eigenvalue weighted by Crippen LogP contribution is -2.28. The molecule has 164 valence electrons. The van der Waals surface area contributed by atoms with Crippen molar-refractivity contribution in [3.8, 4) is 0 Å². The first-order valence-corrected chi connectivity index (χ1v) is 12.3. The van der Waals surface area contributed by atoms with Gasteiger partial charge in [0.15, 0.2) is 0 Å². The SMILES string of the molecule is O=C1Nc2ccccc2N(C(=O)Cc2ccc(CCCCCCBr)cc2)c2ccccc21. The molecule has 1 aliphatic rings. The zero-order valence-electron chi connectivity index (χ0n) is 18.0. The molecule has 2 amide bonds. The molecule has 1 heterocycles. The maximum Gasteiger partial charge on any atom is 0.257 e. The number of carbonyl (C=O) groups excluding carboxylic acids is 2. The minimum atomic E-state index is -0.205. The van der Waals surface area contributed by atoms with Gasteiger partial charge in [-0.3, -0.25) is 14.5 Å². The Hall–Kier alpha value is -2.92. The molecule has 0 radical (unpaired) electrons. The van der Waals surface area contributed by atoms with Crippen molar-refractivity contribution < 1.29 is 9.59 Å². The van der Waals surface area contributed by atoms with Gasteiger partial charge in [-0.2, -0.15) is 0 Å². The molecule has 1 aliphatic heterocycles. The number of nitrogens with one attached hydrogen (secondary N) is 1. The second kappa shape index (κ2) is 10.6. The van der Waals surface area contributed by atoms with Gasteiger partial charge >= 0.3 is 0 Å². The standard InChI is InChI=1S/C27H27BrN2O2/c28-18-8-2-1-3-9-20-14-16-21(17-15-20)19-26(31)30-24-12-6-4-10-22(24)27(32)29-23-11-5-7-13-25(23)30/h4-7,10-17H,1-3,8-9,18-19H2,(H,29,32). The van der Waals surface area contributed by atoms with Crippen molar-refractivity contribution in [1.82, 2.24) is 0 Å². The number of hydrogen-bond donors (Lipinski definition) is 1. The molecule has 0 aliphatic carbocycles. The van der Waals surface area contributed by atoms with Crippen LogP contribution in [0, 0.1) is 0 Å². The number of carbonyl (C=O) groups is 2. The van der Waals surface area contributed by atoms with Gasteiger partial charge in [-0.05, 0) is 54.7 Å². The van der Waals surface area contributed by atoms with Crippen LogP contribution < -0.4 is 10.2 Å². The lowest BCUT2D eigenvalue weighted by atomic mass is 10.0. The van der Waals surface area contributed by atoms with E-state index in [1.54, 1.807) is 11.0 Å². The number of rotatable bonds is 8. The van der Waals surface area contributed by atoms with E-state index in [0.29, 0.717) is 22.6 Å². The number of benzene rings is 3. The van der Waals surface area contributed by atoms with Crippen molar-refractivity contribution in [2.24, 2.45) is 0 Å². The Bertz CT molecular complexity index is 1090. The van der Waals surface area contributed by atoms with Crippen LogP contribution in [0.15, 0.2) is 72.8 Å².